The number of carbonyl (C=O) groups excluding carboxylic acids is 1. The molecule has 2 aliphatic carbocycles. The highest BCUT2D eigenvalue weighted by atomic mass is 35.5. The minimum Gasteiger partial charge on any atom is -0.490 e. The number of aliphatic hydroxyl groups excluding tert-OH is 1. The SMILES string of the molecule is CO[C@]1(C#CCCO)/C=C\C[C@H](C)[C@@H](C)S(=O)(=O)NC(=O)c2ccc3c(c2)N(C[C@@H]2CC[C@H]21)C[C@@]1(CCCc2cc(Cl)ccc21)CO3. The van der Waals surface area contributed by atoms with Crippen LogP contribution in [0.1, 0.15) is 73.9 Å². The molecule has 1 saturated carbocycles. The number of nitrogens with zero attached hydrogens (tertiary/aromatic N) is 1. The smallest absolute Gasteiger partial charge is 0.264 e. The maximum atomic E-state index is 13.5. The van der Waals surface area contributed by atoms with Crippen molar-refractivity contribution in [1.29, 1.82) is 0 Å². The number of fused-ring (bicyclic) bond motifs is 4. The van der Waals surface area contributed by atoms with Gasteiger partial charge in [0.1, 0.15) is 11.4 Å². The second kappa shape index (κ2) is 13.5. The van der Waals surface area contributed by atoms with Gasteiger partial charge in [-0.05, 0) is 105 Å². The number of hydrogen-bond donors (Lipinski definition) is 2. The summed E-state index contributed by atoms with van der Waals surface area (Å²) in [5, 5.41) is 9.40. The van der Waals surface area contributed by atoms with Gasteiger partial charge in [0.15, 0.2) is 0 Å². The van der Waals surface area contributed by atoms with Gasteiger partial charge in [0.25, 0.3) is 5.91 Å². The number of hydrogen-bond acceptors (Lipinski definition) is 7. The zero-order valence-electron chi connectivity index (χ0n) is 27.4. The van der Waals surface area contributed by atoms with Crippen molar-refractivity contribution in [2.24, 2.45) is 17.8 Å². The number of aryl methyl sites for hydroxylation is 1. The summed E-state index contributed by atoms with van der Waals surface area (Å²) in [6.45, 7) is 5.29. The molecule has 0 aromatic heterocycles. The van der Waals surface area contributed by atoms with Crippen molar-refractivity contribution < 1.29 is 27.8 Å². The number of carbonyl (C=O) groups is 1. The van der Waals surface area contributed by atoms with Gasteiger partial charge in [0.2, 0.25) is 10.0 Å². The molecule has 10 heteroatoms. The number of halogens is 1. The number of ether oxygens (including phenoxy) is 2. The molecule has 1 spiro atoms. The normalized spacial score (nSPS) is 32.3. The Morgan fingerprint density at radius 3 is 2.77 bits per heavy atom. The number of allylic oxidation sites excluding steroid dienone is 1. The molecule has 0 saturated heterocycles. The molecule has 47 heavy (non-hydrogen) atoms. The molecule has 6 rings (SSSR count). The lowest BCUT2D eigenvalue weighted by atomic mass is 9.64. The van der Waals surface area contributed by atoms with E-state index in [2.05, 4.69) is 33.6 Å². The maximum Gasteiger partial charge on any atom is 0.264 e. The van der Waals surface area contributed by atoms with Gasteiger partial charge in [-0.1, -0.05) is 42.5 Å². The van der Waals surface area contributed by atoms with E-state index in [1.807, 2.05) is 25.1 Å². The summed E-state index contributed by atoms with van der Waals surface area (Å²) < 4.78 is 42.0. The zero-order valence-corrected chi connectivity index (χ0v) is 29.0. The molecule has 2 aromatic rings. The molecule has 2 heterocycles. The number of nitrogens with one attached hydrogen (secondary N) is 1. The Balaban J connectivity index is 1.47. The summed E-state index contributed by atoms with van der Waals surface area (Å²) in [5.41, 5.74) is 2.35. The third-order valence-electron chi connectivity index (χ3n) is 11.0. The average Bonchev–Trinajstić information content (AvgIpc) is 3.18. The van der Waals surface area contributed by atoms with Gasteiger partial charge in [-0.25, -0.2) is 13.1 Å². The topological polar surface area (TPSA) is 105 Å². The van der Waals surface area contributed by atoms with Crippen LogP contribution in [0, 0.1) is 29.6 Å². The van der Waals surface area contributed by atoms with E-state index in [0.717, 1.165) is 42.8 Å². The Morgan fingerprint density at radius 1 is 1.19 bits per heavy atom. The fraction of sp³-hybridized carbons (Fsp3) is 0.541. The van der Waals surface area contributed by atoms with Gasteiger partial charge in [-0.15, -0.1) is 0 Å². The minimum absolute atomic E-state index is 0.0373. The Labute approximate surface area is 283 Å². The van der Waals surface area contributed by atoms with Crippen LogP contribution in [0.2, 0.25) is 5.02 Å². The van der Waals surface area contributed by atoms with E-state index in [9.17, 15) is 18.3 Å². The standard InChI is InChI=1S/C37H45ClN2O6S/c1-25-8-6-18-37(45-3,17-4-5-19-41)32-13-10-29(32)22-40-23-36(16-7-9-27-20-30(38)12-14-31(27)36)24-46-34-15-11-28(21-33(34)40)35(42)39-47(43,44)26(25)2/h6,11-12,14-15,18,20-21,25-26,29,32,41H,5,7-10,13,16,19,22-24H2,1-3H3,(H,39,42)/b18-6-/t25-,26+,29-,32+,36-,37+/m0/s1. The first kappa shape index (κ1) is 33.9. The van der Waals surface area contributed by atoms with Crippen LogP contribution in [-0.2, 0) is 26.6 Å². The van der Waals surface area contributed by atoms with Crippen molar-refractivity contribution in [2.45, 2.75) is 75.1 Å². The van der Waals surface area contributed by atoms with E-state index < -0.39 is 26.8 Å². The summed E-state index contributed by atoms with van der Waals surface area (Å²) in [6, 6.07) is 11.4. The van der Waals surface area contributed by atoms with Crippen LogP contribution in [-0.4, -0.2) is 63.7 Å². The van der Waals surface area contributed by atoms with Crippen LogP contribution in [0.4, 0.5) is 5.69 Å². The monoisotopic (exact) mass is 680 g/mol. The lowest BCUT2D eigenvalue weighted by Gasteiger charge is -2.48. The molecule has 2 aromatic carbocycles. The molecule has 1 amide bonds. The molecule has 2 aliphatic heterocycles. The van der Waals surface area contributed by atoms with Crippen molar-refractivity contribution in [1.82, 2.24) is 4.72 Å². The average molecular weight is 681 g/mol. The number of benzene rings is 2. The second-order valence-electron chi connectivity index (χ2n) is 13.8. The van der Waals surface area contributed by atoms with Gasteiger partial charge in [-0.2, -0.15) is 0 Å². The number of aliphatic hydroxyl groups is 1. The third-order valence-corrected chi connectivity index (χ3v) is 13.1. The Kier molecular flexibility index (Phi) is 9.70. The summed E-state index contributed by atoms with van der Waals surface area (Å²) in [4.78, 5) is 15.8. The van der Waals surface area contributed by atoms with Gasteiger partial charge in [0.05, 0.1) is 24.2 Å². The van der Waals surface area contributed by atoms with Crippen LogP contribution in [0.3, 0.4) is 0 Å². The van der Waals surface area contributed by atoms with Gasteiger partial charge < -0.3 is 19.5 Å². The first-order chi connectivity index (χ1) is 22.5. The van der Waals surface area contributed by atoms with Gasteiger partial charge in [0, 0.05) is 48.5 Å². The van der Waals surface area contributed by atoms with E-state index >= 15 is 0 Å². The van der Waals surface area contributed by atoms with E-state index in [0.29, 0.717) is 38.3 Å². The largest absolute Gasteiger partial charge is 0.490 e. The molecule has 1 fully saturated rings. The first-order valence-electron chi connectivity index (χ1n) is 16.7. The van der Waals surface area contributed by atoms with E-state index in [4.69, 9.17) is 21.1 Å². The van der Waals surface area contributed by atoms with Crippen LogP contribution >= 0.6 is 11.6 Å². The molecule has 0 unspecified atom stereocenters. The second-order valence-corrected chi connectivity index (χ2v) is 16.3. The fourth-order valence-corrected chi connectivity index (χ4v) is 9.39. The van der Waals surface area contributed by atoms with E-state index in [1.54, 1.807) is 32.2 Å². The molecule has 4 aliphatic rings. The Morgan fingerprint density at radius 2 is 2.02 bits per heavy atom. The van der Waals surface area contributed by atoms with Crippen molar-refractivity contribution in [3.05, 3.63) is 70.3 Å². The fourth-order valence-electron chi connectivity index (χ4n) is 7.91. The number of anilines is 1. The summed E-state index contributed by atoms with van der Waals surface area (Å²) in [5.74, 6) is 6.54. The Hall–Kier alpha value is -3.03. The highest BCUT2D eigenvalue weighted by Crippen LogP contribution is 2.49. The van der Waals surface area contributed by atoms with Crippen LogP contribution in [0.25, 0.3) is 0 Å². The maximum absolute atomic E-state index is 13.5. The summed E-state index contributed by atoms with van der Waals surface area (Å²) >= 11 is 6.44. The molecular weight excluding hydrogens is 636 g/mol. The lowest BCUT2D eigenvalue weighted by molar-refractivity contribution is -0.0351. The minimum atomic E-state index is -3.97. The van der Waals surface area contributed by atoms with E-state index in [-0.39, 0.29) is 35.3 Å². The number of methoxy groups -OCH3 is 1. The van der Waals surface area contributed by atoms with Crippen LogP contribution < -0.4 is 14.4 Å². The van der Waals surface area contributed by atoms with Crippen molar-refractivity contribution in [3.8, 4) is 17.6 Å². The van der Waals surface area contributed by atoms with Gasteiger partial charge >= 0.3 is 0 Å². The quantitative estimate of drug-likeness (QED) is 0.312. The van der Waals surface area contributed by atoms with Crippen molar-refractivity contribution in [3.63, 3.8) is 0 Å². The molecule has 0 radical (unpaired) electrons. The summed E-state index contributed by atoms with van der Waals surface area (Å²) in [7, 11) is -2.29. The predicted molar refractivity (Wildman–Crippen MR) is 184 cm³/mol. The summed E-state index contributed by atoms with van der Waals surface area (Å²) in [6.07, 6.45) is 9.59. The molecular formula is C37H45ClN2O6S. The van der Waals surface area contributed by atoms with Crippen molar-refractivity contribution in [2.75, 3.05) is 38.3 Å². The molecule has 8 nitrogen and oxygen atoms in total. The number of rotatable bonds is 2. The predicted octanol–water partition coefficient (Wildman–Crippen LogP) is 5.65. The number of sulfonamides is 1. The lowest BCUT2D eigenvalue weighted by Crippen LogP contribution is -2.52. The zero-order chi connectivity index (χ0) is 33.4. The molecule has 252 valence electrons. The van der Waals surface area contributed by atoms with E-state index in [1.165, 1.54) is 11.1 Å². The number of amides is 1. The first-order valence-corrected chi connectivity index (χ1v) is 18.6. The molecule has 2 bridgehead atoms. The Bertz CT molecular complexity index is 1720. The molecule has 2 N–H and O–H groups in total. The van der Waals surface area contributed by atoms with Gasteiger partial charge in [-0.3, -0.25) is 4.79 Å². The van der Waals surface area contributed by atoms with Crippen molar-refractivity contribution >= 4 is 33.2 Å². The highest BCUT2D eigenvalue weighted by Gasteiger charge is 2.48. The molecule has 6 atom stereocenters. The van der Waals surface area contributed by atoms with Crippen LogP contribution in [0.5, 0.6) is 5.75 Å². The highest BCUT2D eigenvalue weighted by molar-refractivity contribution is 7.90. The van der Waals surface area contributed by atoms with Crippen LogP contribution in [0.15, 0.2) is 48.6 Å². The third kappa shape index (κ3) is 6.55.